The smallest absolute Gasteiger partial charge is 0.339 e. The Morgan fingerprint density at radius 1 is 1.27 bits per heavy atom. The van der Waals surface area contributed by atoms with Crippen molar-refractivity contribution in [3.8, 4) is 17.4 Å². The van der Waals surface area contributed by atoms with Crippen molar-refractivity contribution in [2.45, 2.75) is 26.9 Å². The number of benzene rings is 1. The van der Waals surface area contributed by atoms with Gasteiger partial charge in [-0.15, -0.1) is 6.58 Å². The van der Waals surface area contributed by atoms with Crippen LogP contribution >= 0.6 is 15.9 Å². The topological polar surface area (TPSA) is 101 Å². The van der Waals surface area contributed by atoms with Crippen LogP contribution in [0.1, 0.15) is 36.9 Å². The van der Waals surface area contributed by atoms with Crippen LogP contribution in [0.4, 0.5) is 0 Å². The number of carbonyl (C=O) groups is 3. The molecule has 1 aliphatic rings. The number of rotatable bonds is 6. The molecule has 3 rings (SSSR count). The van der Waals surface area contributed by atoms with Gasteiger partial charge in [-0.3, -0.25) is 14.5 Å². The number of nitriles is 1. The van der Waals surface area contributed by atoms with Crippen LogP contribution in [-0.4, -0.2) is 35.3 Å². The first-order valence-corrected chi connectivity index (χ1v) is 10.9. The molecule has 0 atom stereocenters. The molecule has 0 saturated carbocycles. The minimum absolute atomic E-state index is 0.0168. The van der Waals surface area contributed by atoms with Crippen molar-refractivity contribution >= 4 is 39.8 Å². The van der Waals surface area contributed by atoms with Gasteiger partial charge in [-0.25, -0.2) is 4.79 Å². The normalized spacial score (nSPS) is 15.3. The molecule has 0 unspecified atom stereocenters. The van der Waals surface area contributed by atoms with E-state index in [-0.39, 0.29) is 29.4 Å². The fourth-order valence-electron chi connectivity index (χ4n) is 3.32. The molecule has 1 aromatic carbocycles. The monoisotopic (exact) mass is 508 g/mol. The van der Waals surface area contributed by atoms with E-state index in [9.17, 15) is 19.6 Å². The highest BCUT2D eigenvalue weighted by molar-refractivity contribution is 9.10. The molecule has 1 aromatic heterocycles. The Morgan fingerprint density at radius 2 is 2.00 bits per heavy atom. The molecule has 168 valence electrons. The van der Waals surface area contributed by atoms with Gasteiger partial charge in [-0.05, 0) is 62.8 Å². The summed E-state index contributed by atoms with van der Waals surface area (Å²) in [6, 6.07) is 10.3. The van der Waals surface area contributed by atoms with Crippen LogP contribution in [0.25, 0.3) is 17.4 Å². The molecule has 0 N–H and O–H groups in total. The Morgan fingerprint density at radius 3 is 2.64 bits per heavy atom. The number of furan rings is 1. The van der Waals surface area contributed by atoms with Crippen LogP contribution in [-0.2, 0) is 14.3 Å². The van der Waals surface area contributed by atoms with Crippen molar-refractivity contribution in [3.05, 3.63) is 75.5 Å². The molecule has 0 saturated heterocycles. The minimum atomic E-state index is -0.652. The van der Waals surface area contributed by atoms with E-state index in [4.69, 9.17) is 9.15 Å². The Bertz CT molecular complexity index is 1260. The molecule has 2 heterocycles. The number of amides is 2. The van der Waals surface area contributed by atoms with Crippen molar-refractivity contribution in [1.29, 1.82) is 5.26 Å². The molecule has 7 nitrogen and oxygen atoms in total. The van der Waals surface area contributed by atoms with Gasteiger partial charge in [0.15, 0.2) is 0 Å². The number of esters is 1. The van der Waals surface area contributed by atoms with Crippen LogP contribution in [0.2, 0.25) is 0 Å². The number of ether oxygens (including phenoxy) is 1. The summed E-state index contributed by atoms with van der Waals surface area (Å²) in [5, 5.41) is 9.42. The van der Waals surface area contributed by atoms with Gasteiger partial charge in [0.2, 0.25) is 0 Å². The molecular weight excluding hydrogens is 488 g/mol. The lowest BCUT2D eigenvalue weighted by atomic mass is 9.94. The fourth-order valence-corrected chi connectivity index (χ4v) is 3.68. The standard InChI is InChI=1S/C25H21BrN2O5/c1-5-10-28-23(29)19(15(4)21(13-27)24(28)30)12-17-7-9-22(33-17)18-8-6-16(26)11-20(18)25(31)32-14(2)3/h5-9,11-12,14H,1,10H2,2-4H3/b19-12+. The van der Waals surface area contributed by atoms with E-state index in [1.807, 2.05) is 6.07 Å². The third kappa shape index (κ3) is 4.89. The number of hydrogen-bond acceptors (Lipinski definition) is 6. The number of hydrogen-bond donors (Lipinski definition) is 0. The number of imide groups is 1. The maximum absolute atomic E-state index is 12.9. The van der Waals surface area contributed by atoms with E-state index in [2.05, 4.69) is 22.5 Å². The molecule has 0 fully saturated rings. The molecule has 2 aromatic rings. The van der Waals surface area contributed by atoms with E-state index >= 15 is 0 Å². The Hall–Kier alpha value is -3.70. The molecule has 0 spiro atoms. The van der Waals surface area contributed by atoms with E-state index < -0.39 is 17.8 Å². The second-order valence-electron chi connectivity index (χ2n) is 7.53. The van der Waals surface area contributed by atoms with Crippen molar-refractivity contribution in [2.24, 2.45) is 0 Å². The van der Waals surface area contributed by atoms with Gasteiger partial charge in [-0.2, -0.15) is 5.26 Å². The highest BCUT2D eigenvalue weighted by atomic mass is 79.9. The lowest BCUT2D eigenvalue weighted by Gasteiger charge is -2.26. The molecule has 0 aliphatic carbocycles. The van der Waals surface area contributed by atoms with Crippen molar-refractivity contribution < 1.29 is 23.5 Å². The number of carbonyl (C=O) groups excluding carboxylic acids is 3. The summed E-state index contributed by atoms with van der Waals surface area (Å²) in [7, 11) is 0. The summed E-state index contributed by atoms with van der Waals surface area (Å²) < 4.78 is 12.0. The third-order valence-electron chi connectivity index (χ3n) is 4.86. The van der Waals surface area contributed by atoms with Gasteiger partial charge in [0.05, 0.1) is 11.7 Å². The van der Waals surface area contributed by atoms with Crippen LogP contribution in [0, 0.1) is 11.3 Å². The zero-order valence-corrected chi connectivity index (χ0v) is 19.9. The lowest BCUT2D eigenvalue weighted by Crippen LogP contribution is -2.42. The highest BCUT2D eigenvalue weighted by Crippen LogP contribution is 2.32. The van der Waals surface area contributed by atoms with E-state index in [1.54, 1.807) is 51.1 Å². The Balaban J connectivity index is 2.05. The summed E-state index contributed by atoms with van der Waals surface area (Å²) in [5.74, 6) is -0.964. The van der Waals surface area contributed by atoms with E-state index in [0.717, 1.165) is 4.90 Å². The van der Waals surface area contributed by atoms with Crippen molar-refractivity contribution in [2.75, 3.05) is 6.54 Å². The molecule has 33 heavy (non-hydrogen) atoms. The molecule has 2 amide bonds. The van der Waals surface area contributed by atoms with Crippen LogP contribution in [0.3, 0.4) is 0 Å². The van der Waals surface area contributed by atoms with Gasteiger partial charge >= 0.3 is 5.97 Å². The van der Waals surface area contributed by atoms with Gasteiger partial charge < -0.3 is 9.15 Å². The predicted molar refractivity (Wildman–Crippen MR) is 126 cm³/mol. The van der Waals surface area contributed by atoms with Gasteiger partial charge in [0.1, 0.15) is 23.2 Å². The van der Waals surface area contributed by atoms with Gasteiger partial charge in [-0.1, -0.05) is 22.0 Å². The fraction of sp³-hybridized carbons (Fsp3) is 0.200. The summed E-state index contributed by atoms with van der Waals surface area (Å²) in [6.07, 6.45) is 2.61. The molecule has 0 bridgehead atoms. The number of halogens is 1. The van der Waals surface area contributed by atoms with Crippen molar-refractivity contribution in [1.82, 2.24) is 4.90 Å². The van der Waals surface area contributed by atoms with E-state index in [1.165, 1.54) is 12.2 Å². The first-order chi connectivity index (χ1) is 15.7. The molecule has 1 aliphatic heterocycles. The minimum Gasteiger partial charge on any atom is -0.459 e. The lowest BCUT2D eigenvalue weighted by molar-refractivity contribution is -0.139. The highest BCUT2D eigenvalue weighted by Gasteiger charge is 2.35. The van der Waals surface area contributed by atoms with Gasteiger partial charge in [0.25, 0.3) is 11.8 Å². The maximum atomic E-state index is 12.9. The Labute approximate surface area is 199 Å². The predicted octanol–water partition coefficient (Wildman–Crippen LogP) is 5.05. The Kier molecular flexibility index (Phi) is 7.14. The molecular formula is C25H21BrN2O5. The summed E-state index contributed by atoms with van der Waals surface area (Å²) in [6.45, 7) is 8.62. The average molecular weight is 509 g/mol. The van der Waals surface area contributed by atoms with Crippen LogP contribution in [0.15, 0.2) is 68.6 Å². The zero-order valence-electron chi connectivity index (χ0n) is 18.3. The number of nitrogens with zero attached hydrogens (tertiary/aromatic N) is 2. The largest absolute Gasteiger partial charge is 0.459 e. The molecule has 8 heteroatoms. The first kappa shape index (κ1) is 24.0. The summed E-state index contributed by atoms with van der Waals surface area (Å²) in [4.78, 5) is 38.9. The van der Waals surface area contributed by atoms with Gasteiger partial charge in [0, 0.05) is 22.2 Å². The summed E-state index contributed by atoms with van der Waals surface area (Å²) >= 11 is 3.37. The maximum Gasteiger partial charge on any atom is 0.339 e. The third-order valence-corrected chi connectivity index (χ3v) is 5.35. The second kappa shape index (κ2) is 9.84. The second-order valence-corrected chi connectivity index (χ2v) is 8.44. The quantitative estimate of drug-likeness (QED) is 0.234. The first-order valence-electron chi connectivity index (χ1n) is 10.1. The van der Waals surface area contributed by atoms with E-state index in [0.29, 0.717) is 27.1 Å². The van der Waals surface area contributed by atoms with Crippen molar-refractivity contribution in [3.63, 3.8) is 0 Å². The van der Waals surface area contributed by atoms with Crippen LogP contribution in [0.5, 0.6) is 0 Å². The molecule has 0 radical (unpaired) electrons. The van der Waals surface area contributed by atoms with Crippen LogP contribution < -0.4 is 0 Å². The zero-order chi connectivity index (χ0) is 24.3. The average Bonchev–Trinajstić information content (AvgIpc) is 3.22. The SMILES string of the molecule is C=CCN1C(=O)C(C#N)=C(C)/C(=C\c2ccc(-c3ccc(Br)cc3C(=O)OC(C)C)o2)C1=O. The summed E-state index contributed by atoms with van der Waals surface area (Å²) in [5.41, 5.74) is 1.18.